The Morgan fingerprint density at radius 2 is 2.32 bits per heavy atom. The highest BCUT2D eigenvalue weighted by atomic mass is 16.5. The third-order valence-electron chi connectivity index (χ3n) is 3.20. The molecule has 1 amide bonds. The number of carbonyl (C=O) groups excluding carboxylic acids is 1. The molecule has 1 aromatic heterocycles. The summed E-state index contributed by atoms with van der Waals surface area (Å²) in [5.74, 6) is 1.16. The molecule has 1 aromatic carbocycles. The zero-order valence-corrected chi connectivity index (χ0v) is 11.4. The van der Waals surface area contributed by atoms with Crippen molar-refractivity contribution < 1.29 is 9.53 Å². The molecule has 2 rings (SSSR count). The van der Waals surface area contributed by atoms with Gasteiger partial charge in [0.1, 0.15) is 5.75 Å². The smallest absolute Gasteiger partial charge is 0.207 e. The van der Waals surface area contributed by atoms with Crippen molar-refractivity contribution in [2.45, 2.75) is 26.2 Å². The maximum Gasteiger partial charge on any atom is 0.207 e. The number of aromatic nitrogens is 1. The van der Waals surface area contributed by atoms with Gasteiger partial charge in [-0.1, -0.05) is 13.8 Å². The fourth-order valence-electron chi connectivity index (χ4n) is 2.17. The molecule has 102 valence electrons. The lowest BCUT2D eigenvalue weighted by molar-refractivity contribution is -0.109. The van der Waals surface area contributed by atoms with Crippen LogP contribution in [-0.2, 0) is 4.79 Å². The number of aromatic amines is 1. The fourth-order valence-corrected chi connectivity index (χ4v) is 2.17. The maximum absolute atomic E-state index is 10.4. The molecule has 1 atom stereocenters. The molecule has 4 heteroatoms. The Morgan fingerprint density at radius 3 is 3.05 bits per heavy atom. The van der Waals surface area contributed by atoms with E-state index in [4.69, 9.17) is 4.74 Å². The molecule has 19 heavy (non-hydrogen) atoms. The van der Waals surface area contributed by atoms with Crippen LogP contribution in [0.1, 0.15) is 31.7 Å². The highest BCUT2D eigenvalue weighted by molar-refractivity contribution is 5.85. The van der Waals surface area contributed by atoms with Crippen LogP contribution in [0.15, 0.2) is 24.4 Å². The summed E-state index contributed by atoms with van der Waals surface area (Å²) < 4.78 is 5.66. The lowest BCUT2D eigenvalue weighted by atomic mass is 10.0. The average molecular weight is 260 g/mol. The molecular formula is C15H20N2O2. The normalized spacial score (nSPS) is 12.3. The molecule has 0 aliphatic heterocycles. The van der Waals surface area contributed by atoms with Gasteiger partial charge in [0, 0.05) is 29.6 Å². The van der Waals surface area contributed by atoms with Crippen molar-refractivity contribution in [3.63, 3.8) is 0 Å². The van der Waals surface area contributed by atoms with Gasteiger partial charge in [0.05, 0.1) is 6.61 Å². The zero-order chi connectivity index (χ0) is 13.7. The standard InChI is InChI=1S/C15H20N2O2/c1-3-6-19-12-4-5-15-13(7-12)14(9-17-15)11(2)8-16-10-18/h4-5,7,9-11,17H,3,6,8H2,1-2H3,(H,16,18). The molecule has 1 heterocycles. The number of amides is 1. The van der Waals surface area contributed by atoms with Gasteiger partial charge in [0.15, 0.2) is 0 Å². The van der Waals surface area contributed by atoms with Crippen molar-refractivity contribution in [1.29, 1.82) is 0 Å². The van der Waals surface area contributed by atoms with Crippen molar-refractivity contribution in [1.82, 2.24) is 10.3 Å². The number of rotatable bonds is 7. The SMILES string of the molecule is CCCOc1ccc2[nH]cc(C(C)CNC=O)c2c1. The first-order valence-corrected chi connectivity index (χ1v) is 6.67. The van der Waals surface area contributed by atoms with E-state index in [1.54, 1.807) is 0 Å². The van der Waals surface area contributed by atoms with Gasteiger partial charge in [-0.05, 0) is 30.2 Å². The number of hydrogen-bond donors (Lipinski definition) is 2. The molecule has 1 unspecified atom stereocenters. The number of benzene rings is 1. The van der Waals surface area contributed by atoms with Crippen LogP contribution in [0.2, 0.25) is 0 Å². The molecule has 0 radical (unpaired) electrons. The van der Waals surface area contributed by atoms with E-state index in [1.165, 1.54) is 5.56 Å². The van der Waals surface area contributed by atoms with E-state index in [0.29, 0.717) is 6.54 Å². The summed E-state index contributed by atoms with van der Waals surface area (Å²) in [6.07, 6.45) is 3.74. The van der Waals surface area contributed by atoms with E-state index in [1.807, 2.05) is 18.3 Å². The molecule has 0 aliphatic rings. The highest BCUT2D eigenvalue weighted by Crippen LogP contribution is 2.28. The van der Waals surface area contributed by atoms with Gasteiger partial charge in [0.2, 0.25) is 6.41 Å². The van der Waals surface area contributed by atoms with Gasteiger partial charge >= 0.3 is 0 Å². The van der Waals surface area contributed by atoms with Crippen molar-refractivity contribution in [3.05, 3.63) is 30.0 Å². The molecule has 0 aliphatic carbocycles. The second-order valence-electron chi connectivity index (χ2n) is 4.73. The molecule has 0 fully saturated rings. The van der Waals surface area contributed by atoms with Crippen LogP contribution in [0, 0.1) is 0 Å². The molecule has 0 spiro atoms. The van der Waals surface area contributed by atoms with Gasteiger partial charge in [-0.2, -0.15) is 0 Å². The van der Waals surface area contributed by atoms with Crippen LogP contribution in [0.4, 0.5) is 0 Å². The molecule has 0 saturated carbocycles. The summed E-state index contributed by atoms with van der Waals surface area (Å²) >= 11 is 0. The lowest BCUT2D eigenvalue weighted by Gasteiger charge is -2.10. The van der Waals surface area contributed by atoms with Crippen molar-refractivity contribution in [2.24, 2.45) is 0 Å². The molecular weight excluding hydrogens is 240 g/mol. The third kappa shape index (κ3) is 3.08. The fraction of sp³-hybridized carbons (Fsp3) is 0.400. The zero-order valence-electron chi connectivity index (χ0n) is 11.4. The van der Waals surface area contributed by atoms with Crippen LogP contribution in [0.25, 0.3) is 10.9 Å². The number of fused-ring (bicyclic) bond motifs is 1. The highest BCUT2D eigenvalue weighted by Gasteiger charge is 2.11. The largest absolute Gasteiger partial charge is 0.494 e. The van der Waals surface area contributed by atoms with Gasteiger partial charge in [-0.15, -0.1) is 0 Å². The van der Waals surface area contributed by atoms with Crippen molar-refractivity contribution >= 4 is 17.3 Å². The monoisotopic (exact) mass is 260 g/mol. The second kappa shape index (κ2) is 6.27. The number of carbonyl (C=O) groups is 1. The summed E-state index contributed by atoms with van der Waals surface area (Å²) in [6, 6.07) is 6.07. The average Bonchev–Trinajstić information content (AvgIpc) is 2.85. The summed E-state index contributed by atoms with van der Waals surface area (Å²) in [7, 11) is 0. The second-order valence-corrected chi connectivity index (χ2v) is 4.73. The van der Waals surface area contributed by atoms with Crippen LogP contribution in [-0.4, -0.2) is 24.5 Å². The van der Waals surface area contributed by atoms with E-state index >= 15 is 0 Å². The predicted octanol–water partition coefficient (Wildman–Crippen LogP) is 2.81. The van der Waals surface area contributed by atoms with E-state index in [2.05, 4.69) is 30.2 Å². The molecule has 0 saturated heterocycles. The molecule has 2 N–H and O–H groups in total. The van der Waals surface area contributed by atoms with E-state index in [-0.39, 0.29) is 5.92 Å². The Hall–Kier alpha value is -1.97. The topological polar surface area (TPSA) is 54.1 Å². The number of nitrogens with one attached hydrogen (secondary N) is 2. The Morgan fingerprint density at radius 1 is 1.47 bits per heavy atom. The van der Waals surface area contributed by atoms with Crippen LogP contribution in [0.3, 0.4) is 0 Å². The Kier molecular flexibility index (Phi) is 4.44. The first-order chi connectivity index (χ1) is 9.26. The van der Waals surface area contributed by atoms with Crippen LogP contribution in [0.5, 0.6) is 5.75 Å². The summed E-state index contributed by atoms with van der Waals surface area (Å²) in [5, 5.41) is 3.89. The van der Waals surface area contributed by atoms with E-state index in [0.717, 1.165) is 36.1 Å². The summed E-state index contributed by atoms with van der Waals surface area (Å²) in [6.45, 7) is 5.55. The quantitative estimate of drug-likeness (QED) is 0.752. The van der Waals surface area contributed by atoms with Gasteiger partial charge in [0.25, 0.3) is 0 Å². The first kappa shape index (κ1) is 13.5. The van der Waals surface area contributed by atoms with E-state index < -0.39 is 0 Å². The lowest BCUT2D eigenvalue weighted by Crippen LogP contribution is -2.17. The third-order valence-corrected chi connectivity index (χ3v) is 3.20. The molecule has 2 aromatic rings. The van der Waals surface area contributed by atoms with Gasteiger partial charge in [-0.3, -0.25) is 4.79 Å². The van der Waals surface area contributed by atoms with Gasteiger partial charge in [-0.25, -0.2) is 0 Å². The molecule has 4 nitrogen and oxygen atoms in total. The van der Waals surface area contributed by atoms with E-state index in [9.17, 15) is 4.79 Å². The minimum absolute atomic E-state index is 0.264. The maximum atomic E-state index is 10.4. The number of H-pyrrole nitrogens is 1. The van der Waals surface area contributed by atoms with Crippen molar-refractivity contribution in [3.8, 4) is 5.75 Å². The Labute approximate surface area is 113 Å². The summed E-state index contributed by atoms with van der Waals surface area (Å²) in [4.78, 5) is 13.6. The van der Waals surface area contributed by atoms with Gasteiger partial charge < -0.3 is 15.0 Å². The van der Waals surface area contributed by atoms with Crippen LogP contribution >= 0.6 is 0 Å². The first-order valence-electron chi connectivity index (χ1n) is 6.67. The number of hydrogen-bond acceptors (Lipinski definition) is 2. The Balaban J connectivity index is 2.25. The Bertz CT molecular complexity index is 548. The predicted molar refractivity (Wildman–Crippen MR) is 76.6 cm³/mol. The molecule has 0 bridgehead atoms. The minimum atomic E-state index is 0.264. The van der Waals surface area contributed by atoms with Crippen LogP contribution < -0.4 is 10.1 Å². The minimum Gasteiger partial charge on any atom is -0.494 e. The number of ether oxygens (including phenoxy) is 1. The summed E-state index contributed by atoms with van der Waals surface area (Å²) in [5.41, 5.74) is 2.29. The van der Waals surface area contributed by atoms with Crippen molar-refractivity contribution in [2.75, 3.05) is 13.2 Å².